The summed E-state index contributed by atoms with van der Waals surface area (Å²) in [6, 6.07) is 0. The van der Waals surface area contributed by atoms with Crippen molar-refractivity contribution in [3.8, 4) is 0 Å². The highest BCUT2D eigenvalue weighted by atomic mass is 16.2. The summed E-state index contributed by atoms with van der Waals surface area (Å²) in [6.07, 6.45) is 15.8. The number of carbonyl (C=O) groups is 2. The van der Waals surface area contributed by atoms with Crippen LogP contribution in [-0.2, 0) is 9.59 Å². The van der Waals surface area contributed by atoms with E-state index in [0.29, 0.717) is 6.42 Å². The van der Waals surface area contributed by atoms with E-state index in [9.17, 15) is 9.59 Å². The van der Waals surface area contributed by atoms with E-state index in [1.807, 2.05) is 13.8 Å². The van der Waals surface area contributed by atoms with Crippen molar-refractivity contribution in [3.05, 3.63) is 17.0 Å². The van der Waals surface area contributed by atoms with Crippen molar-refractivity contribution in [1.29, 1.82) is 0 Å². The van der Waals surface area contributed by atoms with Crippen LogP contribution < -0.4 is 5.32 Å². The summed E-state index contributed by atoms with van der Waals surface area (Å²) in [7, 11) is 0. The highest BCUT2D eigenvalue weighted by molar-refractivity contribution is 5.98. The molecule has 2 unspecified atom stereocenters. The molecule has 0 fully saturated rings. The average molecular weight is 390 g/mol. The molecular weight excluding hydrogens is 346 g/mol. The highest BCUT2D eigenvalue weighted by Crippen LogP contribution is 2.24. The van der Waals surface area contributed by atoms with Crippen molar-refractivity contribution in [1.82, 2.24) is 5.32 Å². The Morgan fingerprint density at radius 3 is 1.93 bits per heavy atom. The fourth-order valence-electron chi connectivity index (χ4n) is 3.69. The second-order valence-electron chi connectivity index (χ2n) is 8.52. The van der Waals surface area contributed by atoms with Gasteiger partial charge in [-0.2, -0.15) is 0 Å². The number of hydrogen-bond acceptors (Lipinski definition) is 2. The standard InChI is InChI=1S/C25H43NO2/c1-5-8-10-12-13-15-17-21(16-14-11-9-6-2)25(28)26-23-18-22(19-23)24(27)20(4)7-3/h20-21H,5-18H2,1-4H3,(H,26,28). The van der Waals surface area contributed by atoms with Crippen LogP contribution in [0.15, 0.2) is 17.0 Å². The lowest BCUT2D eigenvalue weighted by Gasteiger charge is -2.21. The van der Waals surface area contributed by atoms with Gasteiger partial charge >= 0.3 is 0 Å². The molecule has 0 heterocycles. The lowest BCUT2D eigenvalue weighted by Crippen LogP contribution is -2.32. The molecule has 1 amide bonds. The lowest BCUT2D eigenvalue weighted by atomic mass is 9.89. The summed E-state index contributed by atoms with van der Waals surface area (Å²) < 4.78 is 0. The Balaban J connectivity index is 2.51. The molecule has 0 aromatic rings. The minimum absolute atomic E-state index is 0.0544. The maximum absolute atomic E-state index is 12.8. The molecule has 0 saturated heterocycles. The minimum Gasteiger partial charge on any atom is -0.322 e. The van der Waals surface area contributed by atoms with Crippen molar-refractivity contribution in [2.75, 3.05) is 0 Å². The Bertz CT molecular complexity index is 543. The number of unbranched alkanes of at least 4 members (excludes halogenated alkanes) is 8. The van der Waals surface area contributed by atoms with Crippen LogP contribution in [0.3, 0.4) is 0 Å². The number of hydrogen-bond donors (Lipinski definition) is 1. The Hall–Kier alpha value is -1.34. The van der Waals surface area contributed by atoms with Gasteiger partial charge in [0.1, 0.15) is 0 Å². The molecule has 0 aromatic heterocycles. The van der Waals surface area contributed by atoms with E-state index in [0.717, 1.165) is 43.4 Å². The molecule has 0 aliphatic heterocycles. The topological polar surface area (TPSA) is 46.2 Å². The van der Waals surface area contributed by atoms with Gasteiger partial charge in [0.15, 0.2) is 5.78 Å². The molecule has 1 rings (SSSR count). The van der Waals surface area contributed by atoms with Crippen LogP contribution in [0.4, 0.5) is 0 Å². The van der Waals surface area contributed by atoms with Crippen LogP contribution in [0.2, 0.25) is 0 Å². The van der Waals surface area contributed by atoms with E-state index in [1.165, 1.54) is 51.4 Å². The zero-order valence-electron chi connectivity index (χ0n) is 18.9. The SMILES string of the molecule is CCCCCCCCC(CCCCCC)C(=O)NC1=C=C(C(=O)C(C)CC)C1. The normalized spacial score (nSPS) is 15.3. The Kier molecular flexibility index (Phi) is 12.9. The Morgan fingerprint density at radius 2 is 1.39 bits per heavy atom. The van der Waals surface area contributed by atoms with Crippen LogP contribution in [0.1, 0.15) is 118 Å². The summed E-state index contributed by atoms with van der Waals surface area (Å²) in [5, 5.41) is 3.05. The first-order valence-electron chi connectivity index (χ1n) is 11.9. The summed E-state index contributed by atoms with van der Waals surface area (Å²) in [5.74, 6) is 0.483. The summed E-state index contributed by atoms with van der Waals surface area (Å²) in [5.41, 5.74) is 4.65. The van der Waals surface area contributed by atoms with Crippen molar-refractivity contribution >= 4 is 11.7 Å². The molecule has 0 radical (unpaired) electrons. The lowest BCUT2D eigenvalue weighted by molar-refractivity contribution is -0.125. The molecule has 1 N–H and O–H groups in total. The van der Waals surface area contributed by atoms with Crippen molar-refractivity contribution < 1.29 is 9.59 Å². The number of amides is 1. The smallest absolute Gasteiger partial charge is 0.227 e. The molecule has 3 heteroatoms. The molecular formula is C25H43NO2. The van der Waals surface area contributed by atoms with Gasteiger partial charge in [-0.3, -0.25) is 9.59 Å². The third-order valence-corrected chi connectivity index (χ3v) is 5.97. The second-order valence-corrected chi connectivity index (χ2v) is 8.52. The van der Waals surface area contributed by atoms with Gasteiger partial charge in [-0.05, 0) is 19.3 Å². The number of carbonyl (C=O) groups excluding carboxylic acids is 2. The summed E-state index contributed by atoms with van der Waals surface area (Å²) >= 11 is 0. The van der Waals surface area contributed by atoms with Crippen molar-refractivity contribution in [3.63, 3.8) is 0 Å². The Labute approximate surface area is 173 Å². The molecule has 28 heavy (non-hydrogen) atoms. The monoisotopic (exact) mass is 389 g/mol. The first-order chi connectivity index (χ1) is 13.5. The van der Waals surface area contributed by atoms with Crippen molar-refractivity contribution in [2.45, 2.75) is 118 Å². The largest absolute Gasteiger partial charge is 0.322 e. The van der Waals surface area contributed by atoms with Crippen LogP contribution in [0, 0.1) is 11.8 Å². The van der Waals surface area contributed by atoms with E-state index in [2.05, 4.69) is 24.9 Å². The predicted octanol–water partition coefficient (Wildman–Crippen LogP) is 6.87. The molecule has 3 nitrogen and oxygen atoms in total. The van der Waals surface area contributed by atoms with Gasteiger partial charge in [0, 0.05) is 23.8 Å². The quantitative estimate of drug-likeness (QED) is 0.218. The molecule has 1 aliphatic rings. The average Bonchev–Trinajstić information content (AvgIpc) is 2.67. The number of Topliss-reactive ketones (excluding diaryl/α,β-unsaturated/α-hetero) is 1. The van der Waals surface area contributed by atoms with Crippen LogP contribution in [0.5, 0.6) is 0 Å². The maximum Gasteiger partial charge on any atom is 0.227 e. The summed E-state index contributed by atoms with van der Waals surface area (Å²) in [4.78, 5) is 24.9. The Morgan fingerprint density at radius 1 is 0.893 bits per heavy atom. The van der Waals surface area contributed by atoms with E-state index >= 15 is 0 Å². The van der Waals surface area contributed by atoms with Gasteiger partial charge in [-0.1, -0.05) is 97.6 Å². The molecule has 160 valence electrons. The van der Waals surface area contributed by atoms with Crippen LogP contribution >= 0.6 is 0 Å². The van der Waals surface area contributed by atoms with Gasteiger partial charge in [-0.15, -0.1) is 0 Å². The zero-order valence-corrected chi connectivity index (χ0v) is 18.9. The number of ketones is 1. The fourth-order valence-corrected chi connectivity index (χ4v) is 3.69. The predicted molar refractivity (Wildman–Crippen MR) is 118 cm³/mol. The molecule has 0 spiro atoms. The minimum atomic E-state index is 0.0544. The molecule has 0 aromatic carbocycles. The summed E-state index contributed by atoms with van der Waals surface area (Å²) in [6.45, 7) is 8.44. The molecule has 0 saturated carbocycles. The van der Waals surface area contributed by atoms with Gasteiger partial charge in [0.2, 0.25) is 5.91 Å². The highest BCUT2D eigenvalue weighted by Gasteiger charge is 2.25. The third kappa shape index (κ3) is 9.24. The zero-order chi connectivity index (χ0) is 20.8. The van der Waals surface area contributed by atoms with Gasteiger partial charge in [0.05, 0.1) is 5.70 Å². The molecule has 2 atom stereocenters. The van der Waals surface area contributed by atoms with E-state index in [4.69, 9.17) is 0 Å². The van der Waals surface area contributed by atoms with Gasteiger partial charge in [-0.25, -0.2) is 0 Å². The van der Waals surface area contributed by atoms with Crippen LogP contribution in [0.25, 0.3) is 0 Å². The van der Waals surface area contributed by atoms with Crippen molar-refractivity contribution in [2.24, 2.45) is 11.8 Å². The first kappa shape index (κ1) is 24.7. The van der Waals surface area contributed by atoms with Gasteiger partial charge < -0.3 is 5.32 Å². The van der Waals surface area contributed by atoms with E-state index in [-0.39, 0.29) is 23.5 Å². The van der Waals surface area contributed by atoms with E-state index in [1.54, 1.807) is 0 Å². The number of nitrogens with one attached hydrogen (secondary N) is 1. The second kappa shape index (κ2) is 14.6. The fraction of sp³-hybridized carbons (Fsp3) is 0.800. The van der Waals surface area contributed by atoms with Gasteiger partial charge in [0.25, 0.3) is 0 Å². The first-order valence-corrected chi connectivity index (χ1v) is 11.9. The molecule has 0 bridgehead atoms. The maximum atomic E-state index is 12.8. The third-order valence-electron chi connectivity index (χ3n) is 5.97. The van der Waals surface area contributed by atoms with E-state index < -0.39 is 0 Å². The molecule has 1 aliphatic carbocycles. The van der Waals surface area contributed by atoms with Crippen LogP contribution in [-0.4, -0.2) is 11.7 Å². The number of rotatable bonds is 17.